The fourth-order valence-corrected chi connectivity index (χ4v) is 3.53. The molecule has 3 nitrogen and oxygen atoms in total. The van der Waals surface area contributed by atoms with Crippen LogP contribution in [0.1, 0.15) is 11.1 Å². The lowest BCUT2D eigenvalue weighted by atomic mass is 10.1. The van der Waals surface area contributed by atoms with Crippen LogP contribution in [0.2, 0.25) is 0 Å². The third kappa shape index (κ3) is 2.29. The molecule has 0 aliphatic carbocycles. The first-order valence-electron chi connectivity index (χ1n) is 6.21. The van der Waals surface area contributed by atoms with E-state index in [9.17, 15) is 5.11 Å². The summed E-state index contributed by atoms with van der Waals surface area (Å²) in [4.78, 5) is 3.10. The lowest BCUT2D eigenvalue weighted by Gasteiger charge is -2.24. The molecule has 4 heteroatoms. The van der Waals surface area contributed by atoms with Gasteiger partial charge in [0.05, 0.1) is 5.69 Å². The van der Waals surface area contributed by atoms with Gasteiger partial charge in [0, 0.05) is 11.4 Å². The highest BCUT2D eigenvalue weighted by Gasteiger charge is 2.30. The van der Waals surface area contributed by atoms with E-state index in [4.69, 9.17) is 5.73 Å². The number of thioether (sulfide) groups is 1. The summed E-state index contributed by atoms with van der Waals surface area (Å²) < 4.78 is 0. The highest BCUT2D eigenvalue weighted by Crippen LogP contribution is 2.47. The van der Waals surface area contributed by atoms with Crippen LogP contribution in [0.25, 0.3) is 0 Å². The second-order valence-corrected chi connectivity index (χ2v) is 5.91. The maximum atomic E-state index is 10.2. The minimum Gasteiger partial charge on any atom is -0.506 e. The zero-order valence-corrected chi connectivity index (χ0v) is 11.5. The number of hydrogen-bond acceptors (Lipinski definition) is 4. The van der Waals surface area contributed by atoms with Gasteiger partial charge < -0.3 is 15.7 Å². The van der Waals surface area contributed by atoms with E-state index in [-0.39, 0.29) is 5.50 Å². The molecule has 0 radical (unpaired) electrons. The Kier molecular flexibility index (Phi) is 3.12. The van der Waals surface area contributed by atoms with Crippen molar-refractivity contribution in [1.29, 1.82) is 0 Å². The van der Waals surface area contributed by atoms with E-state index in [0.717, 1.165) is 16.1 Å². The summed E-state index contributed by atoms with van der Waals surface area (Å²) in [5, 5.41) is 10.2. The Balaban J connectivity index is 1.97. The third-order valence-corrected chi connectivity index (χ3v) is 4.30. The van der Waals surface area contributed by atoms with Crippen molar-refractivity contribution in [2.75, 3.05) is 4.90 Å². The van der Waals surface area contributed by atoms with Crippen molar-refractivity contribution < 1.29 is 5.11 Å². The highest BCUT2D eigenvalue weighted by molar-refractivity contribution is 8.00. The number of anilines is 1. The minimum absolute atomic E-state index is 0.150. The van der Waals surface area contributed by atoms with Gasteiger partial charge in [-0.3, -0.25) is 0 Å². The minimum atomic E-state index is -0.150. The molecule has 0 saturated carbocycles. The van der Waals surface area contributed by atoms with Crippen LogP contribution in [0.4, 0.5) is 5.69 Å². The summed E-state index contributed by atoms with van der Waals surface area (Å²) in [6, 6.07) is 14.0. The van der Waals surface area contributed by atoms with E-state index in [1.807, 2.05) is 30.0 Å². The molecule has 3 rings (SSSR count). The molecule has 2 aromatic carbocycles. The van der Waals surface area contributed by atoms with E-state index in [1.54, 1.807) is 17.8 Å². The number of phenolic OH excluding ortho intramolecular Hbond substituents is 1. The highest BCUT2D eigenvalue weighted by atomic mass is 32.2. The number of phenols is 1. The first-order valence-corrected chi connectivity index (χ1v) is 7.09. The summed E-state index contributed by atoms with van der Waals surface area (Å²) in [6.45, 7) is 2.69. The fourth-order valence-electron chi connectivity index (χ4n) is 2.38. The van der Waals surface area contributed by atoms with Gasteiger partial charge in [0.2, 0.25) is 0 Å². The quantitative estimate of drug-likeness (QED) is 0.882. The van der Waals surface area contributed by atoms with Gasteiger partial charge >= 0.3 is 0 Å². The topological polar surface area (TPSA) is 49.5 Å². The summed E-state index contributed by atoms with van der Waals surface area (Å²) >= 11 is 1.59. The number of fused-ring (bicyclic) bond motifs is 1. The SMILES string of the molecule is Cc1cc(O)c2c(c1)SC(N)N2Cc1ccccc1. The number of aryl methyl sites for hydroxylation is 1. The van der Waals surface area contributed by atoms with Gasteiger partial charge in [-0.2, -0.15) is 0 Å². The average Bonchev–Trinajstić information content (AvgIpc) is 2.67. The van der Waals surface area contributed by atoms with Crippen molar-refractivity contribution in [1.82, 2.24) is 0 Å². The standard InChI is InChI=1S/C15H16N2OS/c1-10-7-12(18)14-13(8-10)19-15(16)17(14)9-11-5-3-2-4-6-11/h2-8,15,18H,9,16H2,1H3. The van der Waals surface area contributed by atoms with Gasteiger partial charge in [0.25, 0.3) is 0 Å². The van der Waals surface area contributed by atoms with Crippen molar-refractivity contribution in [3.05, 3.63) is 53.6 Å². The Morgan fingerprint density at radius 3 is 2.74 bits per heavy atom. The molecule has 2 aromatic rings. The van der Waals surface area contributed by atoms with Crippen LogP contribution in [0.5, 0.6) is 5.75 Å². The molecule has 3 N–H and O–H groups in total. The molecule has 0 amide bonds. The van der Waals surface area contributed by atoms with Crippen LogP contribution < -0.4 is 10.6 Å². The average molecular weight is 272 g/mol. The number of hydrogen-bond donors (Lipinski definition) is 2. The van der Waals surface area contributed by atoms with Crippen molar-refractivity contribution in [2.45, 2.75) is 23.9 Å². The van der Waals surface area contributed by atoms with Gasteiger partial charge in [-0.1, -0.05) is 42.1 Å². The zero-order chi connectivity index (χ0) is 13.4. The molecular formula is C15H16N2OS. The van der Waals surface area contributed by atoms with Crippen LogP contribution in [-0.4, -0.2) is 10.6 Å². The van der Waals surface area contributed by atoms with Gasteiger partial charge in [-0.25, -0.2) is 0 Å². The molecule has 1 atom stereocenters. The number of nitrogens with two attached hydrogens (primary N) is 1. The molecule has 0 spiro atoms. The molecule has 1 aliphatic rings. The number of aromatic hydroxyl groups is 1. The maximum Gasteiger partial charge on any atom is 0.140 e. The van der Waals surface area contributed by atoms with Crippen molar-refractivity contribution >= 4 is 17.4 Å². The number of rotatable bonds is 2. The second kappa shape index (κ2) is 4.79. The largest absolute Gasteiger partial charge is 0.506 e. The fraction of sp³-hybridized carbons (Fsp3) is 0.200. The monoisotopic (exact) mass is 272 g/mol. The molecule has 0 saturated heterocycles. The van der Waals surface area contributed by atoms with Gasteiger partial charge in [0.1, 0.15) is 11.2 Å². The van der Waals surface area contributed by atoms with Crippen LogP contribution >= 0.6 is 11.8 Å². The van der Waals surface area contributed by atoms with Gasteiger partial charge in [0.15, 0.2) is 0 Å². The van der Waals surface area contributed by atoms with E-state index in [1.165, 1.54) is 5.56 Å². The molecule has 1 unspecified atom stereocenters. The second-order valence-electron chi connectivity index (χ2n) is 4.75. The Hall–Kier alpha value is -1.65. The first-order chi connectivity index (χ1) is 9.15. The molecule has 19 heavy (non-hydrogen) atoms. The molecule has 1 heterocycles. The van der Waals surface area contributed by atoms with E-state index in [2.05, 4.69) is 18.2 Å². The van der Waals surface area contributed by atoms with Crippen molar-refractivity contribution in [3.63, 3.8) is 0 Å². The van der Waals surface area contributed by atoms with Crippen LogP contribution in [0, 0.1) is 6.92 Å². The Labute approximate surface area is 117 Å². The summed E-state index contributed by atoms with van der Waals surface area (Å²) in [7, 11) is 0. The summed E-state index contributed by atoms with van der Waals surface area (Å²) in [5.74, 6) is 0.311. The molecule has 0 bridgehead atoms. The lowest BCUT2D eigenvalue weighted by molar-refractivity contribution is 0.472. The Morgan fingerprint density at radius 2 is 2.00 bits per heavy atom. The molecular weight excluding hydrogens is 256 g/mol. The summed E-state index contributed by atoms with van der Waals surface area (Å²) in [5.41, 5.74) is 9.12. The Bertz CT molecular complexity index is 601. The van der Waals surface area contributed by atoms with Crippen molar-refractivity contribution in [2.24, 2.45) is 5.73 Å². The first kappa shape index (κ1) is 12.4. The predicted octanol–water partition coefficient (Wildman–Crippen LogP) is 3.06. The van der Waals surface area contributed by atoms with Gasteiger partial charge in [-0.15, -0.1) is 0 Å². The van der Waals surface area contributed by atoms with E-state index >= 15 is 0 Å². The molecule has 98 valence electrons. The van der Waals surface area contributed by atoms with E-state index in [0.29, 0.717) is 12.3 Å². The Morgan fingerprint density at radius 1 is 1.26 bits per heavy atom. The zero-order valence-electron chi connectivity index (χ0n) is 10.7. The normalized spacial score (nSPS) is 17.6. The molecule has 0 aromatic heterocycles. The number of benzene rings is 2. The third-order valence-electron chi connectivity index (χ3n) is 3.24. The lowest BCUT2D eigenvalue weighted by Crippen LogP contribution is -2.35. The molecule has 0 fully saturated rings. The maximum absolute atomic E-state index is 10.2. The summed E-state index contributed by atoms with van der Waals surface area (Å²) in [6.07, 6.45) is 0. The molecule has 1 aliphatic heterocycles. The van der Waals surface area contributed by atoms with Crippen LogP contribution in [0.15, 0.2) is 47.4 Å². The number of nitrogens with zero attached hydrogens (tertiary/aromatic N) is 1. The van der Waals surface area contributed by atoms with Crippen LogP contribution in [0.3, 0.4) is 0 Å². The smallest absolute Gasteiger partial charge is 0.140 e. The van der Waals surface area contributed by atoms with Crippen molar-refractivity contribution in [3.8, 4) is 5.75 Å². The van der Waals surface area contributed by atoms with E-state index < -0.39 is 0 Å². The predicted molar refractivity (Wildman–Crippen MR) is 79.3 cm³/mol. The van der Waals surface area contributed by atoms with Crippen LogP contribution in [-0.2, 0) is 6.54 Å². The van der Waals surface area contributed by atoms with Gasteiger partial charge in [-0.05, 0) is 30.2 Å².